The fourth-order valence-corrected chi connectivity index (χ4v) is 2.56. The molecule has 0 bridgehead atoms. The maximum Gasteiger partial charge on any atom is 0.396 e. The summed E-state index contributed by atoms with van der Waals surface area (Å²) in [6.07, 6.45) is 0. The van der Waals surface area contributed by atoms with E-state index < -0.39 is 11.9 Å². The van der Waals surface area contributed by atoms with E-state index in [0.29, 0.717) is 26.2 Å². The van der Waals surface area contributed by atoms with E-state index in [2.05, 4.69) is 15.0 Å². The number of hydrogen-bond acceptors (Lipinski definition) is 6. The van der Waals surface area contributed by atoms with Gasteiger partial charge in [-0.1, -0.05) is 6.07 Å². The van der Waals surface area contributed by atoms with Gasteiger partial charge in [0.25, 0.3) is 0 Å². The minimum Gasteiger partial charge on any atom is -0.497 e. The molecule has 136 valence electrons. The van der Waals surface area contributed by atoms with Crippen LogP contribution in [0.25, 0.3) is 0 Å². The van der Waals surface area contributed by atoms with Crippen molar-refractivity contribution in [2.24, 2.45) is 0 Å². The van der Waals surface area contributed by atoms with Gasteiger partial charge >= 0.3 is 11.9 Å². The highest BCUT2D eigenvalue weighted by molar-refractivity contribution is 6.32. The zero-order valence-electron chi connectivity index (χ0n) is 14.5. The van der Waals surface area contributed by atoms with Crippen molar-refractivity contribution in [3.05, 3.63) is 24.3 Å². The molecule has 1 saturated heterocycles. The molecule has 2 amide bonds. The topological polar surface area (TPSA) is 88.2 Å². The number of methoxy groups -OCH3 is 1. The van der Waals surface area contributed by atoms with Crippen LogP contribution in [-0.4, -0.2) is 69.1 Å². The van der Waals surface area contributed by atoms with Crippen LogP contribution < -0.4 is 15.0 Å². The van der Waals surface area contributed by atoms with Gasteiger partial charge in [-0.15, -0.1) is 0 Å². The van der Waals surface area contributed by atoms with Crippen LogP contribution >= 0.6 is 0 Å². The molecule has 2 rings (SSSR count). The van der Waals surface area contributed by atoms with E-state index >= 15 is 0 Å². The van der Waals surface area contributed by atoms with E-state index in [1.165, 1.54) is 0 Å². The van der Waals surface area contributed by atoms with Gasteiger partial charge in [-0.3, -0.25) is 9.59 Å². The Morgan fingerprint density at radius 3 is 2.52 bits per heavy atom. The molecule has 25 heavy (non-hydrogen) atoms. The van der Waals surface area contributed by atoms with E-state index in [-0.39, 0.29) is 19.1 Å². The summed E-state index contributed by atoms with van der Waals surface area (Å²) in [5.41, 5.74) is 1.04. The number of anilines is 1. The highest BCUT2D eigenvalue weighted by atomic mass is 16.5. The second kappa shape index (κ2) is 8.91. The summed E-state index contributed by atoms with van der Waals surface area (Å²) >= 11 is 0. The summed E-state index contributed by atoms with van der Waals surface area (Å²) in [7, 11) is 1.63. The van der Waals surface area contributed by atoms with Crippen molar-refractivity contribution in [3.8, 4) is 5.75 Å². The minimum absolute atomic E-state index is 0.117. The maximum atomic E-state index is 12.1. The number of carbonyl (C=O) groups excluding carboxylic acids is 3. The van der Waals surface area contributed by atoms with Crippen molar-refractivity contribution in [1.29, 1.82) is 0 Å². The summed E-state index contributed by atoms with van der Waals surface area (Å²) in [5.74, 6) is -1.30. The van der Waals surface area contributed by atoms with Crippen molar-refractivity contribution in [2.75, 3.05) is 51.3 Å². The Hall–Kier alpha value is -2.77. The molecular formula is C17H23N3O5. The molecule has 1 heterocycles. The molecule has 0 spiro atoms. The summed E-state index contributed by atoms with van der Waals surface area (Å²) < 4.78 is 9.80. The number of benzene rings is 1. The first-order valence-electron chi connectivity index (χ1n) is 8.17. The lowest BCUT2D eigenvalue weighted by atomic mass is 10.2. The number of piperazine rings is 1. The predicted molar refractivity (Wildman–Crippen MR) is 91.4 cm³/mol. The van der Waals surface area contributed by atoms with E-state index in [9.17, 15) is 14.4 Å². The molecule has 1 aliphatic rings. The fraction of sp³-hybridized carbons (Fsp3) is 0.471. The molecule has 8 heteroatoms. The number of hydrogen-bond donors (Lipinski definition) is 1. The van der Waals surface area contributed by atoms with Gasteiger partial charge in [0.05, 0.1) is 20.3 Å². The van der Waals surface area contributed by atoms with Gasteiger partial charge in [-0.2, -0.15) is 0 Å². The molecular weight excluding hydrogens is 326 g/mol. The predicted octanol–water partition coefficient (Wildman–Crippen LogP) is 0.0231. The molecule has 0 unspecified atom stereocenters. The molecule has 1 N–H and O–H groups in total. The quantitative estimate of drug-likeness (QED) is 0.596. The lowest BCUT2D eigenvalue weighted by Crippen LogP contribution is -2.51. The van der Waals surface area contributed by atoms with Crippen molar-refractivity contribution in [1.82, 2.24) is 10.2 Å². The summed E-state index contributed by atoms with van der Waals surface area (Å²) in [5, 5.41) is 2.29. The second-order valence-electron chi connectivity index (χ2n) is 5.47. The number of nitrogens with one attached hydrogen (secondary N) is 1. The summed E-state index contributed by atoms with van der Waals surface area (Å²) in [6.45, 7) is 3.98. The van der Waals surface area contributed by atoms with Gasteiger partial charge in [0.1, 0.15) is 5.75 Å². The summed E-state index contributed by atoms with van der Waals surface area (Å²) in [4.78, 5) is 38.6. The van der Waals surface area contributed by atoms with Crippen LogP contribution in [0, 0.1) is 0 Å². The smallest absolute Gasteiger partial charge is 0.396 e. The van der Waals surface area contributed by atoms with Crippen LogP contribution in [-0.2, 0) is 19.1 Å². The Labute approximate surface area is 146 Å². The third-order valence-electron chi connectivity index (χ3n) is 3.91. The number of nitrogens with zero attached hydrogens (tertiary/aromatic N) is 2. The van der Waals surface area contributed by atoms with E-state index in [1.807, 2.05) is 24.3 Å². The van der Waals surface area contributed by atoms with Crippen LogP contribution in [0.3, 0.4) is 0 Å². The van der Waals surface area contributed by atoms with Gasteiger partial charge in [0.15, 0.2) is 0 Å². The summed E-state index contributed by atoms with van der Waals surface area (Å²) in [6, 6.07) is 7.77. The Bertz CT molecular complexity index is 626. The molecule has 0 atom stereocenters. The van der Waals surface area contributed by atoms with Crippen LogP contribution in [0.1, 0.15) is 6.92 Å². The molecule has 0 aromatic heterocycles. The number of esters is 1. The van der Waals surface area contributed by atoms with Gasteiger partial charge in [0.2, 0.25) is 5.91 Å². The molecule has 0 saturated carbocycles. The zero-order chi connectivity index (χ0) is 18.2. The first-order chi connectivity index (χ1) is 12.0. The third-order valence-corrected chi connectivity index (χ3v) is 3.91. The van der Waals surface area contributed by atoms with Gasteiger partial charge in [0, 0.05) is 37.9 Å². The standard InChI is InChI=1S/C17H23N3O5/c1-3-25-17(23)16(22)18-12-15(21)20-9-7-19(8-10-20)13-5-4-6-14(11-13)24-2/h4-6,11H,3,7-10,12H2,1-2H3,(H,18,22). The van der Waals surface area contributed by atoms with Crippen molar-refractivity contribution >= 4 is 23.5 Å². The Morgan fingerprint density at radius 1 is 1.16 bits per heavy atom. The maximum absolute atomic E-state index is 12.1. The van der Waals surface area contributed by atoms with Gasteiger partial charge in [-0.05, 0) is 19.1 Å². The first-order valence-corrected chi connectivity index (χ1v) is 8.17. The number of ether oxygens (including phenoxy) is 2. The number of amides is 2. The molecule has 1 aromatic rings. The molecule has 0 radical (unpaired) electrons. The normalized spacial score (nSPS) is 14.0. The van der Waals surface area contributed by atoms with E-state index in [4.69, 9.17) is 4.74 Å². The van der Waals surface area contributed by atoms with Crippen LogP contribution in [0.4, 0.5) is 5.69 Å². The van der Waals surface area contributed by atoms with Crippen molar-refractivity contribution in [2.45, 2.75) is 6.92 Å². The first kappa shape index (κ1) is 18.6. The van der Waals surface area contributed by atoms with Crippen LogP contribution in [0.5, 0.6) is 5.75 Å². The third kappa shape index (κ3) is 5.10. The monoisotopic (exact) mass is 349 g/mol. The largest absolute Gasteiger partial charge is 0.497 e. The Balaban J connectivity index is 1.80. The molecule has 0 aliphatic carbocycles. The van der Waals surface area contributed by atoms with Crippen LogP contribution in [0.15, 0.2) is 24.3 Å². The Kier molecular flexibility index (Phi) is 6.62. The second-order valence-corrected chi connectivity index (χ2v) is 5.47. The lowest BCUT2D eigenvalue weighted by molar-refractivity contribution is -0.154. The Morgan fingerprint density at radius 2 is 1.88 bits per heavy atom. The van der Waals surface area contributed by atoms with Gasteiger partial charge in [-0.25, -0.2) is 4.79 Å². The molecule has 8 nitrogen and oxygen atoms in total. The highest BCUT2D eigenvalue weighted by Crippen LogP contribution is 2.22. The van der Waals surface area contributed by atoms with Crippen molar-refractivity contribution < 1.29 is 23.9 Å². The molecule has 1 aromatic carbocycles. The van der Waals surface area contributed by atoms with E-state index in [0.717, 1.165) is 11.4 Å². The average molecular weight is 349 g/mol. The number of carbonyl (C=O) groups is 3. The molecule has 1 aliphatic heterocycles. The van der Waals surface area contributed by atoms with Crippen LogP contribution in [0.2, 0.25) is 0 Å². The van der Waals surface area contributed by atoms with E-state index in [1.54, 1.807) is 18.9 Å². The lowest BCUT2D eigenvalue weighted by Gasteiger charge is -2.36. The SMILES string of the molecule is CCOC(=O)C(=O)NCC(=O)N1CCN(c2cccc(OC)c2)CC1. The highest BCUT2D eigenvalue weighted by Gasteiger charge is 2.23. The fourth-order valence-electron chi connectivity index (χ4n) is 2.56. The minimum atomic E-state index is -0.974. The zero-order valence-corrected chi connectivity index (χ0v) is 14.5. The van der Waals surface area contributed by atoms with Crippen molar-refractivity contribution in [3.63, 3.8) is 0 Å². The molecule has 1 fully saturated rings. The van der Waals surface area contributed by atoms with Gasteiger partial charge < -0.3 is 24.6 Å². The number of rotatable bonds is 5. The average Bonchev–Trinajstić information content (AvgIpc) is 2.66.